The van der Waals surface area contributed by atoms with Crippen LogP contribution in [0, 0.1) is 0 Å². The first-order valence-corrected chi connectivity index (χ1v) is 6.20. The number of aryl methyl sites for hydroxylation is 1. The van der Waals surface area contributed by atoms with Crippen LogP contribution in [-0.4, -0.2) is 12.6 Å². The second kappa shape index (κ2) is 4.95. The SMILES string of the molecule is C=CCN[C@@H]1CCc2cc(Br)ccc2C1. The van der Waals surface area contributed by atoms with Crippen LogP contribution in [0.3, 0.4) is 0 Å². The Bertz CT molecular complexity index is 360. The summed E-state index contributed by atoms with van der Waals surface area (Å²) in [7, 11) is 0. The Kier molecular flexibility index (Phi) is 3.60. The molecule has 0 heterocycles. The lowest BCUT2D eigenvalue weighted by Crippen LogP contribution is -2.34. The fourth-order valence-corrected chi connectivity index (χ4v) is 2.56. The van der Waals surface area contributed by atoms with Gasteiger partial charge >= 0.3 is 0 Å². The molecule has 1 nitrogen and oxygen atoms in total. The van der Waals surface area contributed by atoms with Crippen molar-refractivity contribution in [2.75, 3.05) is 6.54 Å². The lowest BCUT2D eigenvalue weighted by atomic mass is 9.88. The second-order valence-electron chi connectivity index (χ2n) is 4.05. The van der Waals surface area contributed by atoms with Crippen LogP contribution in [-0.2, 0) is 12.8 Å². The molecule has 0 fully saturated rings. The molecule has 0 radical (unpaired) electrons. The minimum absolute atomic E-state index is 0.622. The van der Waals surface area contributed by atoms with E-state index in [1.54, 1.807) is 0 Å². The van der Waals surface area contributed by atoms with Gasteiger partial charge in [-0.3, -0.25) is 0 Å². The molecular weight excluding hydrogens is 250 g/mol. The Morgan fingerprint density at radius 1 is 1.47 bits per heavy atom. The Balaban J connectivity index is 2.06. The van der Waals surface area contributed by atoms with Gasteiger partial charge in [-0.2, -0.15) is 0 Å². The third-order valence-electron chi connectivity index (χ3n) is 2.95. The first kappa shape index (κ1) is 10.9. The van der Waals surface area contributed by atoms with E-state index in [4.69, 9.17) is 0 Å². The van der Waals surface area contributed by atoms with Crippen LogP contribution < -0.4 is 5.32 Å². The van der Waals surface area contributed by atoms with Gasteiger partial charge in [-0.25, -0.2) is 0 Å². The fraction of sp³-hybridized carbons (Fsp3) is 0.385. The molecule has 2 rings (SSSR count). The molecule has 1 aliphatic rings. The molecule has 0 spiro atoms. The molecule has 1 atom stereocenters. The summed E-state index contributed by atoms with van der Waals surface area (Å²) in [5.74, 6) is 0. The van der Waals surface area contributed by atoms with Crippen LogP contribution in [0.5, 0.6) is 0 Å². The zero-order valence-corrected chi connectivity index (χ0v) is 10.4. The second-order valence-corrected chi connectivity index (χ2v) is 4.97. The molecule has 1 aromatic rings. The lowest BCUT2D eigenvalue weighted by Gasteiger charge is -2.25. The highest BCUT2D eigenvalue weighted by molar-refractivity contribution is 9.10. The maximum Gasteiger partial charge on any atom is 0.0178 e. The molecule has 0 aliphatic heterocycles. The number of halogens is 1. The molecule has 0 bridgehead atoms. The normalized spacial score (nSPS) is 19.7. The molecule has 15 heavy (non-hydrogen) atoms. The van der Waals surface area contributed by atoms with Crippen molar-refractivity contribution < 1.29 is 0 Å². The summed E-state index contributed by atoms with van der Waals surface area (Å²) in [4.78, 5) is 0. The Morgan fingerprint density at radius 2 is 2.33 bits per heavy atom. The molecule has 0 amide bonds. The molecule has 80 valence electrons. The maximum atomic E-state index is 3.73. The summed E-state index contributed by atoms with van der Waals surface area (Å²) in [5.41, 5.74) is 2.99. The zero-order valence-electron chi connectivity index (χ0n) is 8.80. The van der Waals surface area contributed by atoms with Gasteiger partial charge in [0.2, 0.25) is 0 Å². The Morgan fingerprint density at radius 3 is 3.13 bits per heavy atom. The molecule has 1 aliphatic carbocycles. The summed E-state index contributed by atoms with van der Waals surface area (Å²) in [6, 6.07) is 7.24. The molecule has 2 heteroatoms. The van der Waals surface area contributed by atoms with Crippen molar-refractivity contribution in [2.45, 2.75) is 25.3 Å². The first-order chi connectivity index (χ1) is 7.29. The highest BCUT2D eigenvalue weighted by Gasteiger charge is 2.17. The van der Waals surface area contributed by atoms with Crippen molar-refractivity contribution in [1.29, 1.82) is 0 Å². The molecule has 1 N–H and O–H groups in total. The average Bonchev–Trinajstić information content (AvgIpc) is 2.26. The largest absolute Gasteiger partial charge is 0.310 e. The monoisotopic (exact) mass is 265 g/mol. The van der Waals surface area contributed by atoms with Crippen molar-refractivity contribution >= 4 is 15.9 Å². The fourth-order valence-electron chi connectivity index (χ4n) is 2.15. The van der Waals surface area contributed by atoms with E-state index in [0.29, 0.717) is 6.04 Å². The van der Waals surface area contributed by atoms with Crippen LogP contribution in [0.1, 0.15) is 17.5 Å². The molecule has 0 aromatic heterocycles. The van der Waals surface area contributed by atoms with Gasteiger partial charge in [0.25, 0.3) is 0 Å². The number of benzene rings is 1. The number of rotatable bonds is 3. The van der Waals surface area contributed by atoms with Gasteiger partial charge < -0.3 is 5.32 Å². The number of hydrogen-bond donors (Lipinski definition) is 1. The average molecular weight is 266 g/mol. The Hall–Kier alpha value is -0.600. The van der Waals surface area contributed by atoms with Crippen molar-refractivity contribution in [2.24, 2.45) is 0 Å². The van der Waals surface area contributed by atoms with Crippen LogP contribution >= 0.6 is 15.9 Å². The lowest BCUT2D eigenvalue weighted by molar-refractivity contribution is 0.479. The maximum absolute atomic E-state index is 3.73. The van der Waals surface area contributed by atoms with E-state index in [-0.39, 0.29) is 0 Å². The molecule has 0 unspecified atom stereocenters. The van der Waals surface area contributed by atoms with Crippen molar-refractivity contribution in [1.82, 2.24) is 5.32 Å². The third-order valence-corrected chi connectivity index (χ3v) is 3.44. The minimum Gasteiger partial charge on any atom is -0.310 e. The molecular formula is C13H16BrN. The smallest absolute Gasteiger partial charge is 0.0178 e. The van der Waals surface area contributed by atoms with Crippen LogP contribution in [0.4, 0.5) is 0 Å². The molecule has 1 aromatic carbocycles. The standard InChI is InChI=1S/C13H16BrN/c1-2-7-15-13-6-4-10-8-12(14)5-3-11(10)9-13/h2-3,5,8,13,15H,1,4,6-7,9H2/t13-/m1/s1. The van der Waals surface area contributed by atoms with Gasteiger partial charge in [0.1, 0.15) is 0 Å². The first-order valence-electron chi connectivity index (χ1n) is 5.41. The van der Waals surface area contributed by atoms with E-state index >= 15 is 0 Å². The summed E-state index contributed by atoms with van der Waals surface area (Å²) in [6.45, 7) is 4.65. The van der Waals surface area contributed by atoms with Gasteiger partial charge in [0.15, 0.2) is 0 Å². The summed E-state index contributed by atoms with van der Waals surface area (Å²) in [5, 5.41) is 3.50. The summed E-state index contributed by atoms with van der Waals surface area (Å²) >= 11 is 3.52. The summed E-state index contributed by atoms with van der Waals surface area (Å²) < 4.78 is 1.19. The van der Waals surface area contributed by atoms with Crippen molar-refractivity contribution in [3.63, 3.8) is 0 Å². The number of hydrogen-bond acceptors (Lipinski definition) is 1. The van der Waals surface area contributed by atoms with Crippen molar-refractivity contribution in [3.05, 3.63) is 46.5 Å². The quantitative estimate of drug-likeness (QED) is 0.829. The van der Waals surface area contributed by atoms with Gasteiger partial charge in [0, 0.05) is 17.1 Å². The van der Waals surface area contributed by atoms with E-state index in [9.17, 15) is 0 Å². The van der Waals surface area contributed by atoms with E-state index in [0.717, 1.165) is 13.0 Å². The molecule has 0 saturated heterocycles. The van der Waals surface area contributed by atoms with Crippen LogP contribution in [0.2, 0.25) is 0 Å². The zero-order chi connectivity index (χ0) is 10.7. The topological polar surface area (TPSA) is 12.0 Å². The van der Waals surface area contributed by atoms with Crippen LogP contribution in [0.25, 0.3) is 0 Å². The highest BCUT2D eigenvalue weighted by atomic mass is 79.9. The summed E-state index contributed by atoms with van der Waals surface area (Å²) in [6.07, 6.45) is 5.49. The highest BCUT2D eigenvalue weighted by Crippen LogP contribution is 2.24. The van der Waals surface area contributed by atoms with Gasteiger partial charge in [-0.05, 0) is 42.5 Å². The predicted molar refractivity (Wildman–Crippen MR) is 68.2 cm³/mol. The van der Waals surface area contributed by atoms with E-state index in [1.165, 1.54) is 28.4 Å². The number of nitrogens with one attached hydrogen (secondary N) is 1. The van der Waals surface area contributed by atoms with E-state index in [1.807, 2.05) is 6.08 Å². The van der Waals surface area contributed by atoms with Crippen molar-refractivity contribution in [3.8, 4) is 0 Å². The van der Waals surface area contributed by atoms with E-state index < -0.39 is 0 Å². The van der Waals surface area contributed by atoms with Gasteiger partial charge in [-0.15, -0.1) is 6.58 Å². The van der Waals surface area contributed by atoms with Gasteiger partial charge in [-0.1, -0.05) is 28.1 Å². The minimum atomic E-state index is 0.622. The number of fused-ring (bicyclic) bond motifs is 1. The predicted octanol–water partition coefficient (Wildman–Crippen LogP) is 3.08. The van der Waals surface area contributed by atoms with Gasteiger partial charge in [0.05, 0.1) is 0 Å². The Labute approximate surface area is 99.7 Å². The molecule has 0 saturated carbocycles. The third kappa shape index (κ3) is 2.70. The van der Waals surface area contributed by atoms with Crippen LogP contribution in [0.15, 0.2) is 35.3 Å². The van der Waals surface area contributed by atoms with E-state index in [2.05, 4.69) is 46.0 Å².